The Morgan fingerprint density at radius 1 is 1.20 bits per heavy atom. The number of benzene rings is 1. The second-order valence-electron chi connectivity index (χ2n) is 3.84. The molecule has 2 rings (SSSR count). The first-order valence-electron chi connectivity index (χ1n) is 5.05. The summed E-state index contributed by atoms with van der Waals surface area (Å²) in [7, 11) is 0. The Bertz CT molecular complexity index is 494. The summed E-state index contributed by atoms with van der Waals surface area (Å²) in [4.78, 5) is 14.4. The van der Waals surface area contributed by atoms with E-state index in [2.05, 4.69) is 4.98 Å². The van der Waals surface area contributed by atoms with E-state index in [1.165, 1.54) is 0 Å². The van der Waals surface area contributed by atoms with Crippen molar-refractivity contribution >= 4 is 0 Å². The van der Waals surface area contributed by atoms with Crippen LogP contribution in [0, 0.1) is 0 Å². The summed E-state index contributed by atoms with van der Waals surface area (Å²) in [6.45, 7) is 3.98. The molecule has 1 heterocycles. The van der Waals surface area contributed by atoms with E-state index in [9.17, 15) is 4.79 Å². The summed E-state index contributed by atoms with van der Waals surface area (Å²) in [6, 6.07) is 10.0. The highest BCUT2D eigenvalue weighted by atomic mass is 16.1. The first-order chi connectivity index (χ1) is 7.18. The van der Waals surface area contributed by atoms with E-state index in [4.69, 9.17) is 0 Å². The molecular formula is C12H14N2O. The van der Waals surface area contributed by atoms with Gasteiger partial charge in [-0.05, 0) is 19.4 Å². The van der Waals surface area contributed by atoms with Gasteiger partial charge in [0.2, 0.25) is 0 Å². The molecule has 0 aliphatic heterocycles. The van der Waals surface area contributed by atoms with Crippen molar-refractivity contribution in [3.63, 3.8) is 0 Å². The molecule has 0 radical (unpaired) electrons. The number of H-pyrrole nitrogens is 1. The molecule has 0 aliphatic rings. The minimum absolute atomic E-state index is 0.0520. The highest BCUT2D eigenvalue weighted by Gasteiger charge is 2.06. The van der Waals surface area contributed by atoms with E-state index >= 15 is 0 Å². The second kappa shape index (κ2) is 3.77. The highest BCUT2D eigenvalue weighted by molar-refractivity contribution is 5.57. The van der Waals surface area contributed by atoms with Gasteiger partial charge in [-0.25, -0.2) is 4.79 Å². The number of nitrogens with zero attached hydrogens (tertiary/aromatic N) is 1. The van der Waals surface area contributed by atoms with E-state index in [0.717, 1.165) is 11.3 Å². The Balaban J connectivity index is 2.48. The highest BCUT2D eigenvalue weighted by Crippen LogP contribution is 2.15. The molecule has 0 atom stereocenters. The number of imidazole rings is 1. The molecule has 1 aromatic carbocycles. The van der Waals surface area contributed by atoms with Crippen LogP contribution in [0.25, 0.3) is 11.3 Å². The van der Waals surface area contributed by atoms with Crippen molar-refractivity contribution in [2.24, 2.45) is 0 Å². The molecule has 0 bridgehead atoms. The predicted molar refractivity (Wildman–Crippen MR) is 60.9 cm³/mol. The summed E-state index contributed by atoms with van der Waals surface area (Å²) in [5.41, 5.74) is 1.85. The van der Waals surface area contributed by atoms with Crippen LogP contribution in [0.1, 0.15) is 19.9 Å². The van der Waals surface area contributed by atoms with Crippen LogP contribution in [0.2, 0.25) is 0 Å². The largest absolute Gasteiger partial charge is 0.326 e. The van der Waals surface area contributed by atoms with Gasteiger partial charge in [0.25, 0.3) is 0 Å². The zero-order valence-corrected chi connectivity index (χ0v) is 8.90. The average Bonchev–Trinajstić information content (AvgIpc) is 2.62. The molecule has 78 valence electrons. The quantitative estimate of drug-likeness (QED) is 0.798. The molecule has 0 fully saturated rings. The molecule has 0 unspecified atom stereocenters. The molecule has 0 spiro atoms. The van der Waals surface area contributed by atoms with E-state index in [1.807, 2.05) is 50.4 Å². The third-order valence-electron chi connectivity index (χ3n) is 2.39. The smallest absolute Gasteiger partial charge is 0.306 e. The fourth-order valence-corrected chi connectivity index (χ4v) is 1.56. The summed E-state index contributed by atoms with van der Waals surface area (Å²) in [5, 5.41) is 0. The first kappa shape index (κ1) is 9.77. The van der Waals surface area contributed by atoms with Crippen LogP contribution in [0.15, 0.2) is 41.3 Å². The third kappa shape index (κ3) is 1.86. The van der Waals surface area contributed by atoms with Crippen LogP contribution in [0.4, 0.5) is 0 Å². The van der Waals surface area contributed by atoms with Crippen molar-refractivity contribution in [2.45, 2.75) is 19.9 Å². The van der Waals surface area contributed by atoms with Gasteiger partial charge in [0.05, 0.1) is 5.69 Å². The number of hydrogen-bond donors (Lipinski definition) is 1. The Labute approximate surface area is 88.4 Å². The SMILES string of the molecule is CC(C)n1cc(-c2ccccc2)[nH]c1=O. The van der Waals surface area contributed by atoms with E-state index < -0.39 is 0 Å². The Morgan fingerprint density at radius 2 is 1.87 bits per heavy atom. The minimum Gasteiger partial charge on any atom is -0.306 e. The number of rotatable bonds is 2. The van der Waals surface area contributed by atoms with Gasteiger partial charge in [0.1, 0.15) is 0 Å². The van der Waals surface area contributed by atoms with Gasteiger partial charge in [-0.15, -0.1) is 0 Å². The van der Waals surface area contributed by atoms with E-state index in [-0.39, 0.29) is 11.7 Å². The van der Waals surface area contributed by atoms with Gasteiger partial charge in [-0.1, -0.05) is 30.3 Å². The van der Waals surface area contributed by atoms with Crippen LogP contribution in [-0.4, -0.2) is 9.55 Å². The van der Waals surface area contributed by atoms with Gasteiger partial charge in [-0.2, -0.15) is 0 Å². The zero-order valence-electron chi connectivity index (χ0n) is 8.90. The maximum Gasteiger partial charge on any atom is 0.326 e. The maximum atomic E-state index is 11.6. The minimum atomic E-state index is -0.0520. The average molecular weight is 202 g/mol. The van der Waals surface area contributed by atoms with E-state index in [1.54, 1.807) is 4.57 Å². The lowest BCUT2D eigenvalue weighted by atomic mass is 10.2. The molecule has 0 amide bonds. The predicted octanol–water partition coefficient (Wildman–Crippen LogP) is 2.42. The zero-order chi connectivity index (χ0) is 10.8. The molecule has 15 heavy (non-hydrogen) atoms. The van der Waals surface area contributed by atoms with Crippen LogP contribution in [-0.2, 0) is 0 Å². The lowest BCUT2D eigenvalue weighted by molar-refractivity contribution is 0.580. The van der Waals surface area contributed by atoms with E-state index in [0.29, 0.717) is 0 Å². The maximum absolute atomic E-state index is 11.6. The number of aromatic amines is 1. The summed E-state index contributed by atoms with van der Waals surface area (Å²) in [6.07, 6.45) is 1.86. The number of nitrogens with one attached hydrogen (secondary N) is 1. The molecule has 1 aromatic heterocycles. The topological polar surface area (TPSA) is 37.8 Å². The number of hydrogen-bond acceptors (Lipinski definition) is 1. The molecule has 3 nitrogen and oxygen atoms in total. The lowest BCUT2D eigenvalue weighted by Gasteiger charge is -2.02. The Kier molecular flexibility index (Phi) is 2.46. The standard InChI is InChI=1S/C12H14N2O/c1-9(2)14-8-11(13-12(14)15)10-6-4-3-5-7-10/h3-9H,1-2H3,(H,13,15). The van der Waals surface area contributed by atoms with Gasteiger partial charge in [0, 0.05) is 12.2 Å². The van der Waals surface area contributed by atoms with Crippen LogP contribution >= 0.6 is 0 Å². The Hall–Kier alpha value is -1.77. The molecule has 0 aliphatic carbocycles. The molecule has 0 saturated heterocycles. The van der Waals surface area contributed by atoms with Crippen molar-refractivity contribution < 1.29 is 0 Å². The van der Waals surface area contributed by atoms with Crippen molar-refractivity contribution in [2.75, 3.05) is 0 Å². The van der Waals surface area contributed by atoms with Crippen molar-refractivity contribution in [3.8, 4) is 11.3 Å². The Morgan fingerprint density at radius 3 is 2.40 bits per heavy atom. The molecule has 3 heteroatoms. The fraction of sp³-hybridized carbons (Fsp3) is 0.250. The summed E-state index contributed by atoms with van der Waals surface area (Å²) in [5.74, 6) is 0. The van der Waals surface area contributed by atoms with Gasteiger partial charge in [-0.3, -0.25) is 4.57 Å². The lowest BCUT2D eigenvalue weighted by Crippen LogP contribution is -2.17. The van der Waals surface area contributed by atoms with Crippen LogP contribution in [0.5, 0.6) is 0 Å². The first-order valence-corrected chi connectivity index (χ1v) is 5.05. The van der Waals surface area contributed by atoms with Gasteiger partial charge < -0.3 is 4.98 Å². The molecule has 0 saturated carbocycles. The van der Waals surface area contributed by atoms with Crippen LogP contribution in [0.3, 0.4) is 0 Å². The van der Waals surface area contributed by atoms with Crippen LogP contribution < -0.4 is 5.69 Å². The molecule has 1 N–H and O–H groups in total. The van der Waals surface area contributed by atoms with Crippen molar-refractivity contribution in [1.82, 2.24) is 9.55 Å². The number of aromatic nitrogens is 2. The molecule has 2 aromatic rings. The van der Waals surface area contributed by atoms with Gasteiger partial charge in [0.15, 0.2) is 0 Å². The second-order valence-corrected chi connectivity index (χ2v) is 3.84. The third-order valence-corrected chi connectivity index (χ3v) is 2.39. The summed E-state index contributed by atoms with van der Waals surface area (Å²) >= 11 is 0. The molecular weight excluding hydrogens is 188 g/mol. The monoisotopic (exact) mass is 202 g/mol. The van der Waals surface area contributed by atoms with Crippen molar-refractivity contribution in [1.29, 1.82) is 0 Å². The van der Waals surface area contributed by atoms with Gasteiger partial charge >= 0.3 is 5.69 Å². The fourth-order valence-electron chi connectivity index (χ4n) is 1.56. The summed E-state index contributed by atoms with van der Waals surface area (Å²) < 4.78 is 1.70. The van der Waals surface area contributed by atoms with Crippen molar-refractivity contribution in [3.05, 3.63) is 47.0 Å². The normalized spacial score (nSPS) is 10.9.